The summed E-state index contributed by atoms with van der Waals surface area (Å²) in [6.45, 7) is 0.179. The SMILES string of the molecule is COCCNC(=O)CNS(=O)(=O)c1c[nH]c(=O)c(Cl)c1. The summed E-state index contributed by atoms with van der Waals surface area (Å²) < 4.78 is 30.5. The van der Waals surface area contributed by atoms with Crippen LogP contribution in [-0.4, -0.2) is 46.1 Å². The van der Waals surface area contributed by atoms with Crippen molar-refractivity contribution in [3.63, 3.8) is 0 Å². The van der Waals surface area contributed by atoms with E-state index in [0.717, 1.165) is 12.3 Å². The minimum Gasteiger partial charge on any atom is -0.383 e. The Balaban J connectivity index is 2.63. The van der Waals surface area contributed by atoms with Gasteiger partial charge in [-0.05, 0) is 6.07 Å². The van der Waals surface area contributed by atoms with Crippen LogP contribution in [0.4, 0.5) is 0 Å². The molecule has 8 nitrogen and oxygen atoms in total. The van der Waals surface area contributed by atoms with Crippen molar-refractivity contribution in [1.29, 1.82) is 0 Å². The van der Waals surface area contributed by atoms with Crippen molar-refractivity contribution in [2.45, 2.75) is 4.90 Å². The zero-order valence-electron chi connectivity index (χ0n) is 10.6. The van der Waals surface area contributed by atoms with E-state index in [-0.39, 0.29) is 16.5 Å². The smallest absolute Gasteiger partial charge is 0.266 e. The van der Waals surface area contributed by atoms with E-state index >= 15 is 0 Å². The maximum absolute atomic E-state index is 11.8. The van der Waals surface area contributed by atoms with Gasteiger partial charge < -0.3 is 15.0 Å². The van der Waals surface area contributed by atoms with Crippen molar-refractivity contribution in [2.24, 2.45) is 0 Å². The van der Waals surface area contributed by atoms with Gasteiger partial charge in [-0.1, -0.05) is 11.6 Å². The molecule has 3 N–H and O–H groups in total. The first kappa shape index (κ1) is 16.6. The molecular formula is C10H14ClN3O5S. The van der Waals surface area contributed by atoms with Crippen LogP contribution in [0, 0.1) is 0 Å². The molecule has 0 aromatic carbocycles. The molecular weight excluding hydrogens is 310 g/mol. The second kappa shape index (κ2) is 7.39. The van der Waals surface area contributed by atoms with Crippen molar-refractivity contribution in [1.82, 2.24) is 15.0 Å². The summed E-state index contributed by atoms with van der Waals surface area (Å²) >= 11 is 5.54. The third-order valence-corrected chi connectivity index (χ3v) is 3.85. The van der Waals surface area contributed by atoms with Crippen LogP contribution in [0.15, 0.2) is 22.0 Å². The molecule has 0 aliphatic rings. The van der Waals surface area contributed by atoms with E-state index in [4.69, 9.17) is 16.3 Å². The number of sulfonamides is 1. The minimum absolute atomic E-state index is 0.230. The maximum Gasteiger partial charge on any atom is 0.266 e. The maximum atomic E-state index is 11.8. The highest BCUT2D eigenvalue weighted by Gasteiger charge is 2.16. The Morgan fingerprint density at radius 3 is 2.80 bits per heavy atom. The van der Waals surface area contributed by atoms with Crippen molar-refractivity contribution < 1.29 is 17.9 Å². The Hall–Kier alpha value is -1.42. The lowest BCUT2D eigenvalue weighted by Gasteiger charge is -2.07. The number of ether oxygens (including phenoxy) is 1. The number of carbonyl (C=O) groups excluding carboxylic acids is 1. The lowest BCUT2D eigenvalue weighted by atomic mass is 10.5. The van der Waals surface area contributed by atoms with Gasteiger partial charge in [-0.2, -0.15) is 0 Å². The number of nitrogens with one attached hydrogen (secondary N) is 3. The molecule has 1 aromatic heterocycles. The van der Waals surface area contributed by atoms with Crippen LogP contribution in [0.5, 0.6) is 0 Å². The summed E-state index contributed by atoms with van der Waals surface area (Å²) in [6.07, 6.45) is 0.999. The summed E-state index contributed by atoms with van der Waals surface area (Å²) in [5.41, 5.74) is -0.595. The largest absolute Gasteiger partial charge is 0.383 e. The molecule has 0 saturated carbocycles. The Bertz CT molecular complexity index is 628. The molecule has 0 spiro atoms. The lowest BCUT2D eigenvalue weighted by Crippen LogP contribution is -2.38. The topological polar surface area (TPSA) is 117 Å². The number of aromatic amines is 1. The zero-order valence-corrected chi connectivity index (χ0v) is 12.2. The fourth-order valence-corrected chi connectivity index (χ4v) is 2.40. The number of rotatable bonds is 7. The monoisotopic (exact) mass is 323 g/mol. The van der Waals surface area contributed by atoms with Gasteiger partial charge in [-0.3, -0.25) is 9.59 Å². The first-order valence-electron chi connectivity index (χ1n) is 5.50. The second-order valence-electron chi connectivity index (χ2n) is 3.68. The fourth-order valence-electron chi connectivity index (χ4n) is 1.19. The molecule has 1 heterocycles. The second-order valence-corrected chi connectivity index (χ2v) is 5.85. The number of methoxy groups -OCH3 is 1. The highest BCUT2D eigenvalue weighted by atomic mass is 35.5. The Morgan fingerprint density at radius 1 is 1.50 bits per heavy atom. The molecule has 0 aliphatic heterocycles. The average Bonchev–Trinajstić information content (AvgIpc) is 2.40. The molecule has 10 heteroatoms. The summed E-state index contributed by atoms with van der Waals surface area (Å²) in [7, 11) is -2.44. The average molecular weight is 324 g/mol. The van der Waals surface area contributed by atoms with Gasteiger partial charge in [0.05, 0.1) is 18.0 Å². The molecule has 0 atom stereocenters. The van der Waals surface area contributed by atoms with E-state index in [2.05, 4.69) is 15.0 Å². The van der Waals surface area contributed by atoms with Crippen molar-refractivity contribution >= 4 is 27.5 Å². The van der Waals surface area contributed by atoms with Gasteiger partial charge >= 0.3 is 0 Å². The van der Waals surface area contributed by atoms with E-state index in [9.17, 15) is 18.0 Å². The number of amides is 1. The first-order valence-corrected chi connectivity index (χ1v) is 7.36. The standard InChI is InChI=1S/C10H14ClN3O5S/c1-19-3-2-12-9(15)6-14-20(17,18)7-4-8(11)10(16)13-5-7/h4-5,14H,2-3,6H2,1H3,(H,12,15)(H,13,16). The van der Waals surface area contributed by atoms with Crippen LogP contribution < -0.4 is 15.6 Å². The number of carbonyl (C=O) groups is 1. The normalized spacial score (nSPS) is 11.3. The predicted octanol–water partition coefficient (Wildman–Crippen LogP) is -0.931. The van der Waals surface area contributed by atoms with Gasteiger partial charge in [0.1, 0.15) is 5.02 Å². The van der Waals surface area contributed by atoms with E-state index in [1.54, 1.807) is 0 Å². The molecule has 0 aliphatic carbocycles. The highest BCUT2D eigenvalue weighted by molar-refractivity contribution is 7.89. The predicted molar refractivity (Wildman–Crippen MR) is 72.1 cm³/mol. The molecule has 0 unspecified atom stereocenters. The molecule has 0 fully saturated rings. The molecule has 20 heavy (non-hydrogen) atoms. The number of pyridine rings is 1. The number of halogens is 1. The number of H-pyrrole nitrogens is 1. The van der Waals surface area contributed by atoms with Crippen LogP contribution in [-0.2, 0) is 19.6 Å². The molecule has 0 saturated heterocycles. The van der Waals surface area contributed by atoms with E-state index in [1.807, 2.05) is 0 Å². The number of aromatic nitrogens is 1. The van der Waals surface area contributed by atoms with Gasteiger partial charge in [-0.15, -0.1) is 0 Å². The first-order chi connectivity index (χ1) is 9.36. The Morgan fingerprint density at radius 2 is 2.20 bits per heavy atom. The number of hydrogen-bond acceptors (Lipinski definition) is 5. The van der Waals surface area contributed by atoms with Crippen LogP contribution in [0.1, 0.15) is 0 Å². The Kier molecular flexibility index (Phi) is 6.14. The van der Waals surface area contributed by atoms with Gasteiger partial charge in [-0.25, -0.2) is 13.1 Å². The summed E-state index contributed by atoms with van der Waals surface area (Å²) in [6, 6.07) is 1.01. The lowest BCUT2D eigenvalue weighted by molar-refractivity contribution is -0.120. The third-order valence-electron chi connectivity index (χ3n) is 2.19. The van der Waals surface area contributed by atoms with E-state index < -0.39 is 28.0 Å². The summed E-state index contributed by atoms with van der Waals surface area (Å²) in [5, 5.41) is 2.20. The van der Waals surface area contributed by atoms with Crippen LogP contribution in [0.3, 0.4) is 0 Å². The molecule has 112 valence electrons. The van der Waals surface area contributed by atoms with E-state index in [0.29, 0.717) is 6.61 Å². The minimum atomic E-state index is -3.92. The van der Waals surface area contributed by atoms with Crippen molar-refractivity contribution in [2.75, 3.05) is 26.8 Å². The summed E-state index contributed by atoms with van der Waals surface area (Å²) in [5.74, 6) is -0.499. The van der Waals surface area contributed by atoms with Crippen molar-refractivity contribution in [3.8, 4) is 0 Å². The van der Waals surface area contributed by atoms with Crippen LogP contribution in [0.25, 0.3) is 0 Å². The van der Waals surface area contributed by atoms with Crippen LogP contribution in [0.2, 0.25) is 5.02 Å². The molecule has 1 aromatic rings. The van der Waals surface area contributed by atoms with E-state index in [1.165, 1.54) is 7.11 Å². The third kappa shape index (κ3) is 4.93. The zero-order chi connectivity index (χ0) is 15.2. The summed E-state index contributed by atoms with van der Waals surface area (Å²) in [4.78, 5) is 24.3. The fraction of sp³-hybridized carbons (Fsp3) is 0.400. The quantitative estimate of drug-likeness (QED) is 0.560. The van der Waals surface area contributed by atoms with Gasteiger partial charge in [0, 0.05) is 19.9 Å². The molecule has 1 rings (SSSR count). The van der Waals surface area contributed by atoms with Gasteiger partial charge in [0.15, 0.2) is 0 Å². The Labute approximate surface area is 120 Å². The molecule has 1 amide bonds. The highest BCUT2D eigenvalue weighted by Crippen LogP contribution is 2.09. The van der Waals surface area contributed by atoms with Crippen molar-refractivity contribution in [3.05, 3.63) is 27.6 Å². The van der Waals surface area contributed by atoms with Gasteiger partial charge in [0.2, 0.25) is 15.9 Å². The van der Waals surface area contributed by atoms with Crippen LogP contribution >= 0.6 is 11.6 Å². The molecule has 0 bridgehead atoms. The van der Waals surface area contributed by atoms with Gasteiger partial charge in [0.25, 0.3) is 5.56 Å². The molecule has 0 radical (unpaired) electrons. The number of hydrogen-bond donors (Lipinski definition) is 3.